The van der Waals surface area contributed by atoms with E-state index < -0.39 is 8.32 Å². The fourth-order valence-electron chi connectivity index (χ4n) is 1.93. The number of rotatable bonds is 7. The third-order valence-electron chi connectivity index (χ3n) is 4.37. The van der Waals surface area contributed by atoms with Gasteiger partial charge in [-0.2, -0.15) is 0 Å². The normalized spacial score (nSPS) is 16.5. The smallest absolute Gasteiger partial charge is 0.192 e. The Balaban J connectivity index is 2.97. The van der Waals surface area contributed by atoms with Crippen LogP contribution < -0.4 is 0 Å². The quantitative estimate of drug-likeness (QED) is 0.223. The Labute approximate surface area is 163 Å². The summed E-state index contributed by atoms with van der Waals surface area (Å²) >= 11 is 4.24. The Hall–Kier alpha value is 1.14. The van der Waals surface area contributed by atoms with Crippen molar-refractivity contribution < 1.29 is 4.43 Å². The van der Waals surface area contributed by atoms with E-state index >= 15 is 0 Å². The van der Waals surface area contributed by atoms with Crippen molar-refractivity contribution in [3.05, 3.63) is 21.7 Å². The van der Waals surface area contributed by atoms with Crippen LogP contribution in [0.3, 0.4) is 0 Å². The lowest BCUT2D eigenvalue weighted by Gasteiger charge is -2.39. The highest BCUT2D eigenvalue weighted by molar-refractivity contribution is 14.2. The van der Waals surface area contributed by atoms with Crippen LogP contribution in [0, 0.1) is 6.92 Å². The molecule has 1 heterocycles. The maximum Gasteiger partial charge on any atom is 0.192 e. The van der Waals surface area contributed by atoms with Crippen molar-refractivity contribution in [1.82, 2.24) is 4.98 Å². The molecule has 23 heavy (non-hydrogen) atoms. The second kappa shape index (κ2) is 9.18. The number of halogens is 1. The van der Waals surface area contributed by atoms with E-state index in [2.05, 4.69) is 95.1 Å². The van der Waals surface area contributed by atoms with Gasteiger partial charge < -0.3 is 4.43 Å². The minimum atomic E-state index is -1.78. The molecule has 3 atom stereocenters. The van der Waals surface area contributed by atoms with Gasteiger partial charge in [0.2, 0.25) is 0 Å². The molecule has 0 amide bonds. The van der Waals surface area contributed by atoms with Crippen LogP contribution in [0.2, 0.25) is 18.1 Å². The van der Waals surface area contributed by atoms with Crippen LogP contribution in [0.4, 0.5) is 0 Å². The van der Waals surface area contributed by atoms with Crippen molar-refractivity contribution >= 4 is 62.0 Å². The van der Waals surface area contributed by atoms with Gasteiger partial charge in [0.1, 0.15) is 0 Å². The summed E-state index contributed by atoms with van der Waals surface area (Å²) in [6.45, 7) is 15.9. The molecule has 0 aliphatic heterocycles. The van der Waals surface area contributed by atoms with Crippen LogP contribution in [0.15, 0.2) is 11.0 Å². The van der Waals surface area contributed by atoms with Gasteiger partial charge in [-0.3, -0.25) is 0 Å². The van der Waals surface area contributed by atoms with Gasteiger partial charge in [0.25, 0.3) is 0 Å². The highest BCUT2D eigenvalue weighted by Gasteiger charge is 2.39. The molecule has 2 unspecified atom stereocenters. The first-order chi connectivity index (χ1) is 10.4. The lowest BCUT2D eigenvalue weighted by atomic mass is 10.1. The molecular weight excluding hydrogens is 471 g/mol. The van der Waals surface area contributed by atoms with E-state index in [1.54, 1.807) is 11.3 Å². The molecule has 1 aromatic rings. The monoisotopic (exact) mass is 501 g/mol. The first-order valence-electron chi connectivity index (χ1n) is 7.88. The van der Waals surface area contributed by atoms with Crippen molar-refractivity contribution in [2.45, 2.75) is 65.3 Å². The Morgan fingerprint density at radius 2 is 2.13 bits per heavy atom. The average molecular weight is 501 g/mol. The Morgan fingerprint density at radius 1 is 1.52 bits per heavy atom. The molecule has 0 aliphatic carbocycles. The van der Waals surface area contributed by atoms with Gasteiger partial charge in [0.05, 0.1) is 16.8 Å². The second-order valence-corrected chi connectivity index (χ2v) is 23.3. The number of aryl methyl sites for hydroxylation is 1. The highest BCUT2D eigenvalue weighted by atomic mass is 127. The number of hydrogen-bond acceptors (Lipinski definition) is 3. The third-order valence-corrected chi connectivity index (χ3v) is 12.6. The summed E-state index contributed by atoms with van der Waals surface area (Å²) in [6, 6.07) is 0. The van der Waals surface area contributed by atoms with E-state index in [9.17, 15) is 0 Å². The van der Waals surface area contributed by atoms with E-state index in [-0.39, 0.29) is 16.4 Å². The summed E-state index contributed by atoms with van der Waals surface area (Å²) in [5.74, 6) is 0. The van der Waals surface area contributed by atoms with Crippen molar-refractivity contribution in [3.8, 4) is 0 Å². The Bertz CT molecular complexity index is 540. The lowest BCUT2D eigenvalue weighted by Crippen LogP contribution is -2.44. The second-order valence-electron chi connectivity index (χ2n) is 7.46. The molecule has 0 fully saturated rings. The molecule has 0 saturated heterocycles. The van der Waals surface area contributed by atoms with Crippen LogP contribution in [-0.4, -0.2) is 25.6 Å². The van der Waals surface area contributed by atoms with Gasteiger partial charge in [-0.1, -0.05) is 20.8 Å². The first kappa shape index (κ1) is 22.2. The van der Waals surface area contributed by atoms with Gasteiger partial charge in [0.15, 0.2) is 8.32 Å². The molecule has 7 heteroatoms. The summed E-state index contributed by atoms with van der Waals surface area (Å²) in [7, 11) is 1.17. The molecule has 0 radical (unpaired) electrons. The van der Waals surface area contributed by atoms with E-state index in [0.29, 0.717) is 0 Å². The average Bonchev–Trinajstić information content (AvgIpc) is 2.78. The summed E-state index contributed by atoms with van der Waals surface area (Å²) < 4.78 is 6.74. The Kier molecular flexibility index (Phi) is 8.86. The number of hydrogen-bond donors (Lipinski definition) is 0. The predicted molar refractivity (Wildman–Crippen MR) is 123 cm³/mol. The minimum absolute atomic E-state index is 0.00126. The predicted octanol–water partition coefficient (Wildman–Crippen LogP) is 7.26. The van der Waals surface area contributed by atoms with Gasteiger partial charge in [0, 0.05) is 5.38 Å². The molecule has 132 valence electrons. The summed E-state index contributed by atoms with van der Waals surface area (Å²) in [6.07, 6.45) is 4.72. The standard InChI is InChI=1S/C16H30INOP2SSi/c1-12(10-14-11-22-13(2)18-14)15(8-9-21(17)20)19-23(6,7)16(3,4)5/h10-11,15H,8-9,20H2,1-7H3/b12-10+/t15-,21?/m0/s1. The van der Waals surface area contributed by atoms with Crippen molar-refractivity contribution in [2.75, 3.05) is 6.16 Å². The number of thiazole rings is 1. The molecule has 0 spiro atoms. The van der Waals surface area contributed by atoms with Gasteiger partial charge >= 0.3 is 0 Å². The fraction of sp³-hybridized carbons (Fsp3) is 0.688. The zero-order valence-corrected chi connectivity index (χ0v) is 21.3. The molecule has 0 bridgehead atoms. The minimum Gasteiger partial charge on any atom is -0.410 e. The Morgan fingerprint density at radius 3 is 2.57 bits per heavy atom. The van der Waals surface area contributed by atoms with Gasteiger partial charge in [-0.05, 0) is 83.5 Å². The molecule has 0 N–H and O–H groups in total. The number of nitrogens with zero attached hydrogens (tertiary/aromatic N) is 1. The van der Waals surface area contributed by atoms with Crippen molar-refractivity contribution in [1.29, 1.82) is 0 Å². The zero-order chi connectivity index (χ0) is 17.8. The maximum absolute atomic E-state index is 6.74. The summed E-state index contributed by atoms with van der Waals surface area (Å²) in [5.41, 5.74) is 2.37. The molecule has 1 rings (SSSR count). The fourth-order valence-corrected chi connectivity index (χ4v) is 5.63. The summed E-state index contributed by atoms with van der Waals surface area (Å²) in [5, 5.41) is 3.48. The molecular formula is C16H30INOP2SSi. The van der Waals surface area contributed by atoms with Crippen molar-refractivity contribution in [2.24, 2.45) is 0 Å². The maximum atomic E-state index is 6.74. The molecule has 1 aromatic heterocycles. The van der Waals surface area contributed by atoms with E-state index in [1.165, 1.54) is 11.7 Å². The van der Waals surface area contributed by atoms with Crippen LogP contribution in [0.1, 0.15) is 44.8 Å². The van der Waals surface area contributed by atoms with Crippen molar-refractivity contribution in [3.63, 3.8) is 0 Å². The molecule has 0 aromatic carbocycles. The van der Waals surface area contributed by atoms with E-state index in [4.69, 9.17) is 4.43 Å². The summed E-state index contributed by atoms with van der Waals surface area (Å²) in [4.78, 5) is 4.57. The largest absolute Gasteiger partial charge is 0.410 e. The topological polar surface area (TPSA) is 22.1 Å². The zero-order valence-electron chi connectivity index (χ0n) is 15.3. The number of aromatic nitrogens is 1. The van der Waals surface area contributed by atoms with Gasteiger partial charge in [-0.25, -0.2) is 4.98 Å². The van der Waals surface area contributed by atoms with Crippen LogP contribution in [0.25, 0.3) is 6.08 Å². The van der Waals surface area contributed by atoms with Crippen LogP contribution in [-0.2, 0) is 4.43 Å². The molecule has 0 aliphatic rings. The van der Waals surface area contributed by atoms with E-state index in [1.807, 2.05) is 0 Å². The molecule has 0 saturated carbocycles. The van der Waals surface area contributed by atoms with Crippen LogP contribution in [0.5, 0.6) is 0 Å². The van der Waals surface area contributed by atoms with E-state index in [0.717, 1.165) is 17.1 Å². The molecule has 2 nitrogen and oxygen atoms in total. The third kappa shape index (κ3) is 7.50. The lowest BCUT2D eigenvalue weighted by molar-refractivity contribution is 0.211. The highest BCUT2D eigenvalue weighted by Crippen LogP contribution is 2.54. The van der Waals surface area contributed by atoms with Gasteiger partial charge in [-0.15, -0.1) is 20.3 Å². The van der Waals surface area contributed by atoms with Crippen LogP contribution >= 0.6 is 47.6 Å². The SMILES string of the molecule is C/C(=C\c1csc(C)n1)[C@H](CCP(P)I)O[Si](C)(C)C(C)(C)C. The first-order valence-corrected chi connectivity index (χ1v) is 17.6.